The summed E-state index contributed by atoms with van der Waals surface area (Å²) in [6.45, 7) is 3.22. The van der Waals surface area contributed by atoms with Crippen molar-refractivity contribution < 1.29 is 9.47 Å². The summed E-state index contributed by atoms with van der Waals surface area (Å²) in [7, 11) is 3.42. The molecule has 3 heteroatoms. The summed E-state index contributed by atoms with van der Waals surface area (Å²) in [6, 6.07) is 11.1. The molecule has 23 heavy (non-hydrogen) atoms. The van der Waals surface area contributed by atoms with E-state index in [2.05, 4.69) is 42.6 Å². The van der Waals surface area contributed by atoms with Crippen LogP contribution in [-0.4, -0.2) is 20.8 Å². The van der Waals surface area contributed by atoms with Crippen molar-refractivity contribution in [3.8, 4) is 11.5 Å². The number of methoxy groups -OCH3 is 2. The smallest absolute Gasteiger partial charge is 0.161 e. The number of hydrogen-bond donors (Lipinski definition) is 1. The number of fused-ring (bicyclic) bond motifs is 5. The summed E-state index contributed by atoms with van der Waals surface area (Å²) in [6.07, 6.45) is 2.33. The highest BCUT2D eigenvalue weighted by Gasteiger charge is 2.36. The van der Waals surface area contributed by atoms with Crippen LogP contribution in [0.3, 0.4) is 0 Å². The van der Waals surface area contributed by atoms with Crippen LogP contribution in [0.4, 0.5) is 5.69 Å². The van der Waals surface area contributed by atoms with E-state index in [9.17, 15) is 0 Å². The lowest BCUT2D eigenvalue weighted by Gasteiger charge is -2.39. The largest absolute Gasteiger partial charge is 0.493 e. The predicted molar refractivity (Wildman–Crippen MR) is 92.9 cm³/mol. The summed E-state index contributed by atoms with van der Waals surface area (Å²) < 4.78 is 11.0. The first kappa shape index (κ1) is 14.4. The fourth-order valence-corrected chi connectivity index (χ4v) is 4.19. The van der Waals surface area contributed by atoms with Gasteiger partial charge >= 0.3 is 0 Å². The van der Waals surface area contributed by atoms with Gasteiger partial charge in [0.2, 0.25) is 0 Å². The summed E-state index contributed by atoms with van der Waals surface area (Å²) in [5.41, 5.74) is 6.83. The van der Waals surface area contributed by atoms with Gasteiger partial charge in [-0.25, -0.2) is 0 Å². The van der Waals surface area contributed by atoms with Crippen molar-refractivity contribution in [3.05, 3.63) is 52.6 Å². The van der Waals surface area contributed by atoms with Crippen LogP contribution in [-0.2, 0) is 6.42 Å². The van der Waals surface area contributed by atoms with Gasteiger partial charge in [0.15, 0.2) is 11.5 Å². The topological polar surface area (TPSA) is 30.5 Å². The van der Waals surface area contributed by atoms with Crippen LogP contribution in [0.25, 0.3) is 0 Å². The Kier molecular flexibility index (Phi) is 3.44. The highest BCUT2D eigenvalue weighted by Crippen LogP contribution is 2.48. The van der Waals surface area contributed by atoms with Gasteiger partial charge in [0.25, 0.3) is 0 Å². The number of nitrogens with one attached hydrogen (secondary N) is 1. The zero-order valence-electron chi connectivity index (χ0n) is 14.0. The summed E-state index contributed by atoms with van der Waals surface area (Å²) >= 11 is 0. The average Bonchev–Trinajstić information content (AvgIpc) is 2.59. The van der Waals surface area contributed by atoms with Crippen LogP contribution in [0.2, 0.25) is 0 Å². The molecule has 120 valence electrons. The second-order valence-corrected chi connectivity index (χ2v) is 6.65. The van der Waals surface area contributed by atoms with Crippen molar-refractivity contribution in [1.29, 1.82) is 0 Å². The molecule has 2 atom stereocenters. The molecule has 4 rings (SSSR count). The predicted octanol–water partition coefficient (Wildman–Crippen LogP) is 4.13. The molecule has 0 saturated heterocycles. The molecule has 1 heterocycles. The molecule has 0 radical (unpaired) electrons. The number of benzene rings is 2. The summed E-state index contributed by atoms with van der Waals surface area (Å²) in [5.74, 6) is 2.77. The third-order valence-corrected chi connectivity index (χ3v) is 5.33. The quantitative estimate of drug-likeness (QED) is 0.904. The van der Waals surface area contributed by atoms with Gasteiger partial charge < -0.3 is 14.8 Å². The Morgan fingerprint density at radius 2 is 1.78 bits per heavy atom. The van der Waals surface area contributed by atoms with Crippen LogP contribution in [0.1, 0.15) is 34.6 Å². The minimum atomic E-state index is 0.453. The lowest BCUT2D eigenvalue weighted by atomic mass is 9.69. The monoisotopic (exact) mass is 309 g/mol. The third-order valence-electron chi connectivity index (χ3n) is 5.33. The highest BCUT2D eigenvalue weighted by atomic mass is 16.5. The Bertz CT molecular complexity index is 754. The Morgan fingerprint density at radius 3 is 2.57 bits per heavy atom. The molecule has 3 nitrogen and oxygen atoms in total. The standard InChI is InChI=1S/C20H23NO2/c1-12-4-7-17-16(8-12)20-14(11-21-17)6-5-13-9-18(22-2)19(23-3)10-15(13)20/h4,7-10,14,20-21H,5-6,11H2,1-3H3/t14-,20-/m0/s1. The maximum atomic E-state index is 5.55. The lowest BCUT2D eigenvalue weighted by molar-refractivity contribution is 0.350. The third kappa shape index (κ3) is 2.26. The Balaban J connectivity index is 1.89. The van der Waals surface area contributed by atoms with E-state index in [1.165, 1.54) is 34.4 Å². The first-order valence-corrected chi connectivity index (χ1v) is 8.30. The summed E-state index contributed by atoms with van der Waals surface area (Å²) in [4.78, 5) is 0. The minimum Gasteiger partial charge on any atom is -0.493 e. The molecule has 0 spiro atoms. The number of rotatable bonds is 2. The van der Waals surface area contributed by atoms with Crippen molar-refractivity contribution >= 4 is 5.69 Å². The molecule has 2 aromatic rings. The van der Waals surface area contributed by atoms with Crippen LogP contribution in [0.5, 0.6) is 11.5 Å². The van der Waals surface area contributed by atoms with Crippen molar-refractivity contribution in [2.24, 2.45) is 5.92 Å². The fraction of sp³-hybridized carbons (Fsp3) is 0.400. The van der Waals surface area contributed by atoms with Gasteiger partial charge in [-0.15, -0.1) is 0 Å². The molecule has 0 fully saturated rings. The van der Waals surface area contributed by atoms with Gasteiger partial charge in [-0.05, 0) is 60.6 Å². The Labute approximate surface area is 137 Å². The molecular formula is C20H23NO2. The van der Waals surface area contributed by atoms with E-state index in [-0.39, 0.29) is 0 Å². The fourth-order valence-electron chi connectivity index (χ4n) is 4.19. The van der Waals surface area contributed by atoms with Crippen LogP contribution in [0.15, 0.2) is 30.3 Å². The van der Waals surface area contributed by atoms with Gasteiger partial charge in [0.05, 0.1) is 14.2 Å². The van der Waals surface area contributed by atoms with Crippen molar-refractivity contribution in [3.63, 3.8) is 0 Å². The molecule has 0 aromatic heterocycles. The molecule has 0 amide bonds. The zero-order valence-corrected chi connectivity index (χ0v) is 14.0. The van der Waals surface area contributed by atoms with Crippen molar-refractivity contribution in [2.45, 2.75) is 25.7 Å². The molecular weight excluding hydrogens is 286 g/mol. The molecule has 1 N–H and O–H groups in total. The van der Waals surface area contributed by atoms with Crippen LogP contribution >= 0.6 is 0 Å². The molecule has 0 bridgehead atoms. The first-order valence-electron chi connectivity index (χ1n) is 8.30. The van der Waals surface area contributed by atoms with E-state index in [1.54, 1.807) is 14.2 Å². The van der Waals surface area contributed by atoms with E-state index in [1.807, 2.05) is 0 Å². The minimum absolute atomic E-state index is 0.453. The normalized spacial score (nSPS) is 21.5. The van der Waals surface area contributed by atoms with Gasteiger partial charge in [0.1, 0.15) is 0 Å². The lowest BCUT2D eigenvalue weighted by Crippen LogP contribution is -2.32. The van der Waals surface area contributed by atoms with E-state index < -0.39 is 0 Å². The number of aryl methyl sites for hydroxylation is 2. The Morgan fingerprint density at radius 1 is 1.00 bits per heavy atom. The second kappa shape index (κ2) is 5.48. The number of hydrogen-bond acceptors (Lipinski definition) is 3. The molecule has 0 unspecified atom stereocenters. The van der Waals surface area contributed by atoms with E-state index in [0.717, 1.165) is 24.5 Å². The number of anilines is 1. The van der Waals surface area contributed by atoms with Crippen LogP contribution < -0.4 is 14.8 Å². The first-order chi connectivity index (χ1) is 11.2. The van der Waals surface area contributed by atoms with Crippen LogP contribution in [0, 0.1) is 12.8 Å². The maximum Gasteiger partial charge on any atom is 0.161 e. The van der Waals surface area contributed by atoms with E-state index in [0.29, 0.717) is 11.8 Å². The SMILES string of the molecule is COc1cc2c(cc1OC)[C@H]1c3cc(C)ccc3NC[C@@H]1CC2. The second-order valence-electron chi connectivity index (χ2n) is 6.65. The Hall–Kier alpha value is -2.16. The molecule has 1 aliphatic heterocycles. The average molecular weight is 309 g/mol. The molecule has 1 aliphatic carbocycles. The van der Waals surface area contributed by atoms with Gasteiger partial charge in [-0.2, -0.15) is 0 Å². The number of ether oxygens (including phenoxy) is 2. The van der Waals surface area contributed by atoms with Gasteiger partial charge in [-0.1, -0.05) is 17.7 Å². The van der Waals surface area contributed by atoms with E-state index >= 15 is 0 Å². The van der Waals surface area contributed by atoms with Gasteiger partial charge in [-0.3, -0.25) is 0 Å². The maximum absolute atomic E-state index is 5.55. The summed E-state index contributed by atoms with van der Waals surface area (Å²) in [5, 5.41) is 3.62. The van der Waals surface area contributed by atoms with Gasteiger partial charge in [0, 0.05) is 18.2 Å². The molecule has 2 aliphatic rings. The zero-order chi connectivity index (χ0) is 16.0. The molecule has 0 saturated carbocycles. The van der Waals surface area contributed by atoms with Crippen molar-refractivity contribution in [2.75, 3.05) is 26.1 Å². The molecule has 2 aromatic carbocycles. The van der Waals surface area contributed by atoms with E-state index in [4.69, 9.17) is 9.47 Å². The van der Waals surface area contributed by atoms with Crippen molar-refractivity contribution in [1.82, 2.24) is 0 Å². The highest BCUT2D eigenvalue weighted by molar-refractivity contribution is 5.62.